The molecular weight excluding hydrogens is 444 g/mol. The Morgan fingerprint density at radius 1 is 1.06 bits per heavy atom. The first-order valence-corrected chi connectivity index (χ1v) is 10.5. The number of benzene rings is 2. The fourth-order valence-corrected chi connectivity index (χ4v) is 3.16. The van der Waals surface area contributed by atoms with Gasteiger partial charge in [-0.1, -0.05) is 12.1 Å². The summed E-state index contributed by atoms with van der Waals surface area (Å²) >= 11 is 0. The Hall–Kier alpha value is -4.34. The molecule has 1 N–H and O–H groups in total. The highest BCUT2D eigenvalue weighted by atomic mass is 16.5. The molecule has 2 aromatic carbocycles. The van der Waals surface area contributed by atoms with Gasteiger partial charge in [0.05, 0.1) is 24.9 Å². The third kappa shape index (κ3) is 5.34. The van der Waals surface area contributed by atoms with Crippen molar-refractivity contribution >= 4 is 35.6 Å². The summed E-state index contributed by atoms with van der Waals surface area (Å²) in [5.74, 6) is -2.22. The number of barbiturate groups is 1. The Morgan fingerprint density at radius 3 is 2.47 bits per heavy atom. The normalized spacial score (nSPS) is 15.7. The van der Waals surface area contributed by atoms with Gasteiger partial charge in [0.1, 0.15) is 17.4 Å². The van der Waals surface area contributed by atoms with Crippen molar-refractivity contribution in [3.8, 4) is 17.2 Å². The number of hydrogen-bond acceptors (Lipinski definition) is 8. The molecule has 1 heterocycles. The van der Waals surface area contributed by atoms with Crippen LogP contribution >= 0.6 is 0 Å². The lowest BCUT2D eigenvalue weighted by Crippen LogP contribution is -2.54. The number of carboxylic acids is 1. The standard InChI is InChI=1S/C24H24N2O8/c1-4-32-17-8-6-7-16(13-17)26-22(28)18(21(27)25-24(26)31)11-15-9-10-19(20(12-15)33-5-2)34-14(3)23(29)30/h6-14H,4-5H2,1-3H3,(H,29,30)(H,25,27,31)/p-1/b18-11-/t14-/m1/s1. The predicted molar refractivity (Wildman–Crippen MR) is 119 cm³/mol. The number of anilines is 1. The van der Waals surface area contributed by atoms with Crippen LogP contribution in [0.4, 0.5) is 10.5 Å². The fourth-order valence-electron chi connectivity index (χ4n) is 3.16. The van der Waals surface area contributed by atoms with Gasteiger partial charge in [0.2, 0.25) is 0 Å². The molecule has 34 heavy (non-hydrogen) atoms. The van der Waals surface area contributed by atoms with Crippen LogP contribution in [0.3, 0.4) is 0 Å². The summed E-state index contributed by atoms with van der Waals surface area (Å²) in [6.07, 6.45) is 0.0824. The minimum Gasteiger partial charge on any atom is -0.546 e. The highest BCUT2D eigenvalue weighted by Gasteiger charge is 2.37. The number of amides is 4. The maximum atomic E-state index is 13.1. The van der Waals surface area contributed by atoms with Gasteiger partial charge >= 0.3 is 6.03 Å². The zero-order chi connectivity index (χ0) is 24.8. The van der Waals surface area contributed by atoms with E-state index in [9.17, 15) is 24.3 Å². The van der Waals surface area contributed by atoms with Crippen molar-refractivity contribution in [2.24, 2.45) is 0 Å². The van der Waals surface area contributed by atoms with E-state index in [1.54, 1.807) is 32.0 Å². The average molecular weight is 467 g/mol. The molecule has 0 unspecified atom stereocenters. The molecule has 10 nitrogen and oxygen atoms in total. The molecule has 0 spiro atoms. The Kier molecular flexibility index (Phi) is 7.52. The zero-order valence-corrected chi connectivity index (χ0v) is 18.8. The summed E-state index contributed by atoms with van der Waals surface area (Å²) < 4.78 is 16.3. The Bertz CT molecular complexity index is 1160. The second-order valence-electron chi connectivity index (χ2n) is 7.11. The minimum atomic E-state index is -1.39. The van der Waals surface area contributed by atoms with Crippen LogP contribution in [0, 0.1) is 0 Å². The van der Waals surface area contributed by atoms with E-state index in [1.807, 2.05) is 0 Å². The van der Waals surface area contributed by atoms with E-state index in [1.165, 1.54) is 37.3 Å². The first kappa shape index (κ1) is 24.3. The molecular formula is C24H23N2O8-. The number of carboxylic acid groups (broad SMARTS) is 1. The van der Waals surface area contributed by atoms with Crippen molar-refractivity contribution in [3.63, 3.8) is 0 Å². The molecule has 0 saturated carbocycles. The Morgan fingerprint density at radius 2 is 1.79 bits per heavy atom. The molecule has 1 aliphatic rings. The smallest absolute Gasteiger partial charge is 0.335 e. The first-order valence-electron chi connectivity index (χ1n) is 10.5. The molecule has 1 aliphatic heterocycles. The molecule has 1 atom stereocenters. The van der Waals surface area contributed by atoms with Crippen molar-refractivity contribution in [2.75, 3.05) is 18.1 Å². The molecule has 1 saturated heterocycles. The molecule has 4 amide bonds. The third-order valence-electron chi connectivity index (χ3n) is 4.70. The topological polar surface area (TPSA) is 134 Å². The van der Waals surface area contributed by atoms with Gasteiger partial charge < -0.3 is 24.1 Å². The van der Waals surface area contributed by atoms with E-state index in [2.05, 4.69) is 5.32 Å². The summed E-state index contributed by atoms with van der Waals surface area (Å²) in [6, 6.07) is 9.96. The van der Waals surface area contributed by atoms with E-state index in [0.29, 0.717) is 17.9 Å². The van der Waals surface area contributed by atoms with Crippen LogP contribution in [-0.4, -0.2) is 43.1 Å². The lowest BCUT2D eigenvalue weighted by molar-refractivity contribution is -0.312. The summed E-state index contributed by atoms with van der Waals surface area (Å²) in [6.45, 7) is 5.51. The van der Waals surface area contributed by atoms with Gasteiger partial charge in [-0.2, -0.15) is 0 Å². The van der Waals surface area contributed by atoms with Crippen LogP contribution < -0.4 is 29.5 Å². The number of aliphatic carboxylic acids is 1. The first-order chi connectivity index (χ1) is 16.2. The average Bonchev–Trinajstić information content (AvgIpc) is 2.78. The van der Waals surface area contributed by atoms with Crippen molar-refractivity contribution in [1.29, 1.82) is 0 Å². The van der Waals surface area contributed by atoms with Crippen molar-refractivity contribution in [3.05, 3.63) is 53.6 Å². The van der Waals surface area contributed by atoms with Gasteiger partial charge in [-0.3, -0.25) is 14.9 Å². The number of ether oxygens (including phenoxy) is 3. The SMILES string of the molecule is CCOc1cccc(N2C(=O)NC(=O)/C(=C/c3ccc(O[C@H](C)C(=O)[O-])c(OCC)c3)C2=O)c1. The third-order valence-corrected chi connectivity index (χ3v) is 4.70. The number of carbonyl (C=O) groups is 4. The maximum Gasteiger partial charge on any atom is 0.335 e. The van der Waals surface area contributed by atoms with Crippen molar-refractivity contribution in [2.45, 2.75) is 26.9 Å². The number of hydrogen-bond donors (Lipinski definition) is 1. The lowest BCUT2D eigenvalue weighted by Gasteiger charge is -2.26. The molecule has 178 valence electrons. The minimum absolute atomic E-state index is 0.157. The van der Waals surface area contributed by atoms with Gasteiger partial charge in [0.15, 0.2) is 11.5 Å². The Balaban J connectivity index is 1.96. The number of nitrogens with one attached hydrogen (secondary N) is 1. The highest BCUT2D eigenvalue weighted by molar-refractivity contribution is 6.39. The summed E-state index contributed by atoms with van der Waals surface area (Å²) in [5, 5.41) is 13.2. The number of imide groups is 2. The van der Waals surface area contributed by atoms with Crippen LogP contribution in [0.5, 0.6) is 17.2 Å². The number of rotatable bonds is 9. The highest BCUT2D eigenvalue weighted by Crippen LogP contribution is 2.31. The number of carbonyl (C=O) groups excluding carboxylic acids is 4. The van der Waals surface area contributed by atoms with E-state index >= 15 is 0 Å². The quantitative estimate of drug-likeness (QED) is 0.435. The molecule has 0 aliphatic carbocycles. The summed E-state index contributed by atoms with van der Waals surface area (Å²) in [5.41, 5.74) is 0.357. The van der Waals surface area contributed by atoms with Crippen molar-refractivity contribution < 1.29 is 38.5 Å². The van der Waals surface area contributed by atoms with Crippen LogP contribution in [0.2, 0.25) is 0 Å². The molecule has 2 aromatic rings. The van der Waals surface area contributed by atoms with E-state index < -0.39 is 29.9 Å². The molecule has 0 bridgehead atoms. The molecule has 0 radical (unpaired) electrons. The Labute approximate surface area is 195 Å². The van der Waals surface area contributed by atoms with Crippen LogP contribution in [-0.2, 0) is 14.4 Å². The number of nitrogens with zero attached hydrogens (tertiary/aromatic N) is 1. The van der Waals surface area contributed by atoms with Gasteiger partial charge in [-0.25, -0.2) is 9.69 Å². The maximum absolute atomic E-state index is 13.1. The van der Waals surface area contributed by atoms with Crippen LogP contribution in [0.15, 0.2) is 48.0 Å². The van der Waals surface area contributed by atoms with Gasteiger partial charge in [0.25, 0.3) is 11.8 Å². The summed E-state index contributed by atoms with van der Waals surface area (Å²) in [4.78, 5) is 49.9. The second-order valence-corrected chi connectivity index (χ2v) is 7.11. The van der Waals surface area contributed by atoms with Crippen LogP contribution in [0.1, 0.15) is 26.3 Å². The van der Waals surface area contributed by atoms with Gasteiger partial charge in [-0.15, -0.1) is 0 Å². The van der Waals surface area contributed by atoms with Gasteiger partial charge in [0, 0.05) is 6.07 Å². The second kappa shape index (κ2) is 10.5. The van der Waals surface area contributed by atoms with Crippen molar-refractivity contribution in [1.82, 2.24) is 5.32 Å². The molecule has 0 aromatic heterocycles. The fraction of sp³-hybridized carbons (Fsp3) is 0.250. The van der Waals surface area contributed by atoms with Gasteiger partial charge in [-0.05, 0) is 56.7 Å². The predicted octanol–water partition coefficient (Wildman–Crippen LogP) is 1.67. The number of urea groups is 1. The van der Waals surface area contributed by atoms with E-state index in [-0.39, 0.29) is 29.4 Å². The monoisotopic (exact) mass is 467 g/mol. The summed E-state index contributed by atoms with van der Waals surface area (Å²) in [7, 11) is 0. The largest absolute Gasteiger partial charge is 0.546 e. The van der Waals surface area contributed by atoms with E-state index in [4.69, 9.17) is 14.2 Å². The van der Waals surface area contributed by atoms with Crippen LogP contribution in [0.25, 0.3) is 6.08 Å². The molecule has 10 heteroatoms. The van der Waals surface area contributed by atoms with E-state index in [0.717, 1.165) is 4.90 Å². The lowest BCUT2D eigenvalue weighted by atomic mass is 10.1. The molecule has 3 rings (SSSR count). The zero-order valence-electron chi connectivity index (χ0n) is 18.8. The molecule has 1 fully saturated rings.